The van der Waals surface area contributed by atoms with Gasteiger partial charge in [0.1, 0.15) is 18.4 Å². The lowest BCUT2D eigenvalue weighted by atomic mass is 9.57. The first-order chi connectivity index (χ1) is 16.6. The zero-order chi connectivity index (χ0) is 25.0. The Morgan fingerprint density at radius 2 is 2.03 bits per heavy atom. The number of anilines is 1. The fourth-order valence-corrected chi connectivity index (χ4v) is 5.19. The molecule has 0 atom stereocenters. The predicted octanol–water partition coefficient (Wildman–Crippen LogP) is 4.22. The Bertz CT molecular complexity index is 1380. The number of rotatable bonds is 5. The first-order valence-corrected chi connectivity index (χ1v) is 11.0. The number of halogens is 3. The molecule has 3 aromatic rings. The molecule has 0 N–H and O–H groups in total. The van der Waals surface area contributed by atoms with Gasteiger partial charge >= 0.3 is 6.18 Å². The molecule has 10 heteroatoms. The molecule has 0 saturated heterocycles. The van der Waals surface area contributed by atoms with Crippen molar-refractivity contribution in [2.75, 3.05) is 4.90 Å². The minimum Gasteiger partial charge on any atom is -0.321 e. The lowest BCUT2D eigenvalue weighted by Crippen LogP contribution is -2.43. The minimum atomic E-state index is -4.69. The van der Waals surface area contributed by atoms with Gasteiger partial charge in [0.05, 0.1) is 18.2 Å². The molecule has 1 aliphatic heterocycles. The standard InChI is InChI=1S/C25H20F3N5O2/c1-32-14-30-31-22(32)10-24(8-16(9-24)11-29)17-3-2-4-18(7-17)33-12-20-19(23(33)35)5-15(13-34)6-21(20)25(26,27)28/h2-7,13-14,16H,8-10,12H2,1H3/t16-,24+. The summed E-state index contributed by atoms with van der Waals surface area (Å²) in [5, 5.41) is 17.5. The third kappa shape index (κ3) is 3.77. The molecular weight excluding hydrogens is 459 g/mol. The third-order valence-corrected chi connectivity index (χ3v) is 7.03. The summed E-state index contributed by atoms with van der Waals surface area (Å²) in [6.45, 7) is -0.247. The summed E-state index contributed by atoms with van der Waals surface area (Å²) in [6, 6.07) is 11.5. The van der Waals surface area contributed by atoms with E-state index in [1.54, 1.807) is 18.5 Å². The van der Waals surface area contributed by atoms with Gasteiger partial charge < -0.3 is 9.47 Å². The molecule has 0 unspecified atom stereocenters. The molecular formula is C25H20F3N5O2. The van der Waals surface area contributed by atoms with Crippen LogP contribution in [-0.2, 0) is 31.6 Å². The van der Waals surface area contributed by atoms with Crippen molar-refractivity contribution in [3.8, 4) is 6.07 Å². The molecule has 2 aliphatic rings. The van der Waals surface area contributed by atoms with Gasteiger partial charge in [0.2, 0.25) is 0 Å². The minimum absolute atomic E-state index is 0.110. The number of aryl methyl sites for hydroxylation is 1. The van der Waals surface area contributed by atoms with Gasteiger partial charge in [-0.25, -0.2) is 0 Å². The van der Waals surface area contributed by atoms with Crippen molar-refractivity contribution in [1.29, 1.82) is 5.26 Å². The van der Waals surface area contributed by atoms with Gasteiger partial charge in [0.15, 0.2) is 0 Å². The molecule has 7 nitrogen and oxygen atoms in total. The van der Waals surface area contributed by atoms with Gasteiger partial charge in [-0.2, -0.15) is 18.4 Å². The number of alkyl halides is 3. The maximum Gasteiger partial charge on any atom is 0.416 e. The first kappa shape index (κ1) is 22.8. The van der Waals surface area contributed by atoms with Crippen LogP contribution in [0.3, 0.4) is 0 Å². The molecule has 1 amide bonds. The highest BCUT2D eigenvalue weighted by Gasteiger charge is 2.47. The summed E-state index contributed by atoms with van der Waals surface area (Å²) in [6.07, 6.45) is -1.03. The number of hydrogen-bond donors (Lipinski definition) is 0. The van der Waals surface area contributed by atoms with Crippen LogP contribution in [0.15, 0.2) is 42.7 Å². The van der Waals surface area contributed by atoms with Crippen LogP contribution in [0.2, 0.25) is 0 Å². The Labute approximate surface area is 198 Å². The molecule has 2 aromatic carbocycles. The molecule has 178 valence electrons. The van der Waals surface area contributed by atoms with E-state index in [0.717, 1.165) is 17.5 Å². The van der Waals surface area contributed by atoms with Crippen LogP contribution >= 0.6 is 0 Å². The van der Waals surface area contributed by atoms with Gasteiger partial charge in [0.25, 0.3) is 5.91 Å². The normalized spacial score (nSPS) is 21.4. The number of carbonyl (C=O) groups is 2. The van der Waals surface area contributed by atoms with E-state index in [2.05, 4.69) is 16.3 Å². The third-order valence-electron chi connectivity index (χ3n) is 7.03. The Kier molecular flexibility index (Phi) is 5.24. The predicted molar refractivity (Wildman–Crippen MR) is 119 cm³/mol. The fourth-order valence-electron chi connectivity index (χ4n) is 5.19. The quantitative estimate of drug-likeness (QED) is 0.511. The van der Waals surface area contributed by atoms with Gasteiger partial charge in [-0.3, -0.25) is 9.59 Å². The lowest BCUT2D eigenvalue weighted by molar-refractivity contribution is -0.138. The van der Waals surface area contributed by atoms with Crippen LogP contribution in [0, 0.1) is 17.2 Å². The number of aldehydes is 1. The monoisotopic (exact) mass is 479 g/mol. The van der Waals surface area contributed by atoms with E-state index < -0.39 is 23.1 Å². The number of amides is 1. The van der Waals surface area contributed by atoms with E-state index in [4.69, 9.17) is 0 Å². The van der Waals surface area contributed by atoms with E-state index in [-0.39, 0.29) is 29.2 Å². The van der Waals surface area contributed by atoms with E-state index in [0.29, 0.717) is 31.2 Å². The Hall–Kier alpha value is -4.00. The summed E-state index contributed by atoms with van der Waals surface area (Å²) < 4.78 is 42.9. The van der Waals surface area contributed by atoms with E-state index in [1.165, 1.54) is 11.0 Å². The van der Waals surface area contributed by atoms with Crippen LogP contribution in [0.5, 0.6) is 0 Å². The van der Waals surface area contributed by atoms with Gasteiger partial charge in [-0.05, 0) is 48.2 Å². The van der Waals surface area contributed by atoms with Crippen LogP contribution in [0.25, 0.3) is 0 Å². The molecule has 0 bridgehead atoms. The number of hydrogen-bond acceptors (Lipinski definition) is 5. The molecule has 5 rings (SSSR count). The number of aromatic nitrogens is 3. The summed E-state index contributed by atoms with van der Waals surface area (Å²) in [4.78, 5) is 25.7. The van der Waals surface area contributed by atoms with Crippen LogP contribution in [0.1, 0.15) is 56.1 Å². The first-order valence-electron chi connectivity index (χ1n) is 11.0. The maximum absolute atomic E-state index is 13.7. The summed E-state index contributed by atoms with van der Waals surface area (Å²) >= 11 is 0. The Morgan fingerprint density at radius 1 is 1.26 bits per heavy atom. The van der Waals surface area contributed by atoms with Crippen LogP contribution in [-0.4, -0.2) is 27.0 Å². The molecule has 1 saturated carbocycles. The molecule has 1 fully saturated rings. The highest BCUT2D eigenvalue weighted by atomic mass is 19.4. The van der Waals surface area contributed by atoms with Crippen molar-refractivity contribution in [3.05, 3.63) is 76.4 Å². The van der Waals surface area contributed by atoms with E-state index in [9.17, 15) is 28.0 Å². The van der Waals surface area contributed by atoms with Crippen molar-refractivity contribution in [2.24, 2.45) is 13.0 Å². The van der Waals surface area contributed by atoms with Crippen molar-refractivity contribution in [1.82, 2.24) is 14.8 Å². The number of nitriles is 1. The Balaban J connectivity index is 1.52. The summed E-state index contributed by atoms with van der Waals surface area (Å²) in [7, 11) is 1.84. The zero-order valence-corrected chi connectivity index (χ0v) is 18.7. The largest absolute Gasteiger partial charge is 0.416 e. The molecule has 0 radical (unpaired) electrons. The average molecular weight is 479 g/mol. The Morgan fingerprint density at radius 3 is 2.66 bits per heavy atom. The maximum atomic E-state index is 13.7. The second kappa shape index (κ2) is 8.05. The van der Waals surface area contributed by atoms with Crippen molar-refractivity contribution >= 4 is 17.9 Å². The van der Waals surface area contributed by atoms with E-state index >= 15 is 0 Å². The highest BCUT2D eigenvalue weighted by Crippen LogP contribution is 2.50. The van der Waals surface area contributed by atoms with Crippen LogP contribution < -0.4 is 4.90 Å². The highest BCUT2D eigenvalue weighted by molar-refractivity contribution is 6.11. The second-order valence-corrected chi connectivity index (χ2v) is 9.20. The SMILES string of the molecule is Cn1cnnc1C[C@]1(c2cccc(N3Cc4c(cc(C=O)cc4C(F)(F)F)C3=O)c2)C[C@@H](C#N)C1. The van der Waals surface area contributed by atoms with Gasteiger partial charge in [-0.15, -0.1) is 10.2 Å². The van der Waals surface area contributed by atoms with Crippen molar-refractivity contribution in [2.45, 2.75) is 37.4 Å². The molecule has 1 aromatic heterocycles. The summed E-state index contributed by atoms with van der Waals surface area (Å²) in [5.74, 6) is 0.0607. The number of nitrogens with zero attached hydrogens (tertiary/aromatic N) is 5. The van der Waals surface area contributed by atoms with Crippen LogP contribution in [0.4, 0.5) is 18.9 Å². The van der Waals surface area contributed by atoms with Gasteiger partial charge in [-0.1, -0.05) is 12.1 Å². The topological polar surface area (TPSA) is 91.9 Å². The summed E-state index contributed by atoms with van der Waals surface area (Å²) in [5.41, 5.74) is -0.470. The molecule has 35 heavy (non-hydrogen) atoms. The smallest absolute Gasteiger partial charge is 0.321 e. The van der Waals surface area contributed by atoms with Gasteiger partial charge in [0, 0.05) is 41.6 Å². The molecule has 2 heterocycles. The molecule has 1 aliphatic carbocycles. The second-order valence-electron chi connectivity index (χ2n) is 9.20. The lowest BCUT2D eigenvalue weighted by Gasteiger charge is -2.45. The van der Waals surface area contributed by atoms with Crippen molar-refractivity contribution in [3.63, 3.8) is 0 Å². The zero-order valence-electron chi connectivity index (χ0n) is 18.7. The van der Waals surface area contributed by atoms with Crippen molar-refractivity contribution < 1.29 is 22.8 Å². The number of benzene rings is 2. The average Bonchev–Trinajstić information content (AvgIpc) is 3.37. The fraction of sp³-hybridized carbons (Fsp3) is 0.320. The number of carbonyl (C=O) groups excluding carboxylic acids is 2. The van der Waals surface area contributed by atoms with E-state index in [1.807, 2.05) is 23.7 Å². The number of fused-ring (bicyclic) bond motifs is 1. The molecule has 0 spiro atoms.